The van der Waals surface area contributed by atoms with Crippen molar-refractivity contribution < 1.29 is 35.4 Å². The topological polar surface area (TPSA) is 76.2 Å². The van der Waals surface area contributed by atoms with Crippen LogP contribution in [0.2, 0.25) is 0 Å². The van der Waals surface area contributed by atoms with Crippen LogP contribution in [-0.4, -0.2) is 21.0 Å². The Hall–Kier alpha value is -3.30. The van der Waals surface area contributed by atoms with Gasteiger partial charge in [-0.25, -0.2) is 9.78 Å². The third-order valence-electron chi connectivity index (χ3n) is 4.92. The van der Waals surface area contributed by atoms with Crippen LogP contribution < -0.4 is 0 Å². The van der Waals surface area contributed by atoms with Gasteiger partial charge in [0, 0.05) is 38.8 Å². The van der Waals surface area contributed by atoms with Crippen LogP contribution in [0.25, 0.3) is 33.2 Å². The summed E-state index contributed by atoms with van der Waals surface area (Å²) in [4.78, 5) is 18.2. The van der Waals surface area contributed by atoms with E-state index in [4.69, 9.17) is 9.52 Å². The van der Waals surface area contributed by atoms with E-state index in [0.29, 0.717) is 5.92 Å². The standard InChI is InChI=1S/C20H16NO.C6H5NO2.Pt/c1-13(2)14-7-5-8-15-16-9-6-10-17(20(16)22-19(14)15)18-11-3-4-12-21-18;8-6(9)5-3-1-2-4-7-5;/h3-9,11-13H,1-2H3;1-4H,(H,8,9);/q-1;;. The summed E-state index contributed by atoms with van der Waals surface area (Å²) < 4.78 is 6.26. The summed E-state index contributed by atoms with van der Waals surface area (Å²) in [5.41, 5.74) is 4.97. The van der Waals surface area contributed by atoms with Crippen molar-refractivity contribution in [3.63, 3.8) is 0 Å². The number of hydrogen-bond donors (Lipinski definition) is 1. The first-order chi connectivity index (χ1) is 15.1. The molecule has 0 saturated heterocycles. The Balaban J connectivity index is 0.000000246. The fraction of sp³-hybridized carbons (Fsp3) is 0.115. The van der Waals surface area contributed by atoms with Crippen LogP contribution in [0.4, 0.5) is 0 Å². The summed E-state index contributed by atoms with van der Waals surface area (Å²) in [6, 6.07) is 24.3. The predicted octanol–water partition coefficient (Wildman–Crippen LogP) is 6.35. The van der Waals surface area contributed by atoms with Crippen molar-refractivity contribution in [3.05, 3.63) is 96.4 Å². The van der Waals surface area contributed by atoms with E-state index in [0.717, 1.165) is 33.2 Å². The van der Waals surface area contributed by atoms with Crippen LogP contribution in [0.5, 0.6) is 0 Å². The summed E-state index contributed by atoms with van der Waals surface area (Å²) in [6.07, 6.45) is 3.24. The van der Waals surface area contributed by atoms with Crippen molar-refractivity contribution in [3.8, 4) is 11.3 Å². The second kappa shape index (κ2) is 10.3. The molecule has 0 fully saturated rings. The van der Waals surface area contributed by atoms with E-state index >= 15 is 0 Å². The van der Waals surface area contributed by atoms with Gasteiger partial charge in [-0.3, -0.25) is 0 Å². The molecule has 0 aliphatic carbocycles. The fourth-order valence-electron chi connectivity index (χ4n) is 3.43. The normalized spacial score (nSPS) is 10.5. The number of pyridine rings is 2. The van der Waals surface area contributed by atoms with E-state index in [-0.39, 0.29) is 26.8 Å². The van der Waals surface area contributed by atoms with Gasteiger partial charge in [0.05, 0.1) is 5.58 Å². The van der Waals surface area contributed by atoms with Crippen molar-refractivity contribution in [1.82, 2.24) is 9.97 Å². The van der Waals surface area contributed by atoms with Gasteiger partial charge in [0.1, 0.15) is 11.3 Å². The number of benzene rings is 2. The molecule has 0 unspecified atom stereocenters. The number of para-hydroxylation sites is 1. The zero-order valence-electron chi connectivity index (χ0n) is 17.6. The van der Waals surface area contributed by atoms with Crippen LogP contribution in [0.15, 0.2) is 83.5 Å². The van der Waals surface area contributed by atoms with E-state index < -0.39 is 5.97 Å². The minimum atomic E-state index is -0.990. The molecule has 0 radical (unpaired) electrons. The molecule has 0 saturated carbocycles. The molecule has 164 valence electrons. The second-order valence-electron chi connectivity index (χ2n) is 7.31. The van der Waals surface area contributed by atoms with Gasteiger partial charge in [-0.05, 0) is 35.4 Å². The molecule has 5 nitrogen and oxygen atoms in total. The molecule has 5 aromatic rings. The number of rotatable bonds is 3. The summed E-state index contributed by atoms with van der Waals surface area (Å²) >= 11 is 0. The largest absolute Gasteiger partial charge is 0.500 e. The summed E-state index contributed by atoms with van der Waals surface area (Å²) in [5.74, 6) is -0.567. The Morgan fingerprint density at radius 2 is 1.62 bits per heavy atom. The van der Waals surface area contributed by atoms with E-state index in [1.54, 1.807) is 18.3 Å². The van der Waals surface area contributed by atoms with E-state index in [1.807, 2.05) is 24.3 Å². The maximum atomic E-state index is 10.1. The maximum Gasteiger partial charge on any atom is 0.354 e. The average Bonchev–Trinajstić information content (AvgIpc) is 3.19. The first kappa shape index (κ1) is 23.4. The zero-order chi connectivity index (χ0) is 21.8. The minimum absolute atomic E-state index is 0. The van der Waals surface area contributed by atoms with Crippen molar-refractivity contribution in [2.45, 2.75) is 19.8 Å². The quantitative estimate of drug-likeness (QED) is 0.243. The average molecular weight is 605 g/mol. The summed E-state index contributed by atoms with van der Waals surface area (Å²) in [7, 11) is 0. The van der Waals surface area contributed by atoms with Crippen LogP contribution in [0.1, 0.15) is 35.8 Å². The van der Waals surface area contributed by atoms with Gasteiger partial charge in [0.15, 0.2) is 0 Å². The maximum absolute atomic E-state index is 10.1. The Kier molecular flexibility index (Phi) is 7.55. The monoisotopic (exact) mass is 604 g/mol. The first-order valence-electron chi connectivity index (χ1n) is 9.98. The SMILES string of the molecule is CC(C)c1cccc2c1oc1c(-c3ccccn3)[c-]ccc12.O=C(O)c1ccccn1.[Pt]. The van der Waals surface area contributed by atoms with E-state index in [1.165, 1.54) is 17.8 Å². The molecule has 0 amide bonds. The number of aromatic carboxylic acids is 1. The Bertz CT molecular complexity index is 1330. The van der Waals surface area contributed by atoms with Gasteiger partial charge in [-0.1, -0.05) is 61.2 Å². The second-order valence-corrected chi connectivity index (χ2v) is 7.31. The molecule has 0 aliphatic heterocycles. The fourth-order valence-corrected chi connectivity index (χ4v) is 3.43. The number of fused-ring (bicyclic) bond motifs is 3. The predicted molar refractivity (Wildman–Crippen MR) is 121 cm³/mol. The van der Waals surface area contributed by atoms with Gasteiger partial charge < -0.3 is 14.5 Å². The van der Waals surface area contributed by atoms with Crippen LogP contribution >= 0.6 is 0 Å². The smallest absolute Gasteiger partial charge is 0.354 e. The van der Waals surface area contributed by atoms with Gasteiger partial charge in [0.25, 0.3) is 0 Å². The van der Waals surface area contributed by atoms with Crippen molar-refractivity contribution in [2.24, 2.45) is 0 Å². The summed E-state index contributed by atoms with van der Waals surface area (Å²) in [5, 5.41) is 10.6. The number of carboxylic acids is 1. The summed E-state index contributed by atoms with van der Waals surface area (Å²) in [6.45, 7) is 4.38. The van der Waals surface area contributed by atoms with Gasteiger partial charge >= 0.3 is 5.97 Å². The van der Waals surface area contributed by atoms with E-state index in [9.17, 15) is 4.79 Å². The van der Waals surface area contributed by atoms with Crippen molar-refractivity contribution >= 4 is 27.9 Å². The molecule has 2 aromatic carbocycles. The molecule has 0 atom stereocenters. The Morgan fingerprint density at radius 1 is 0.906 bits per heavy atom. The molecule has 3 aromatic heterocycles. The molecule has 0 aliphatic rings. The molecule has 3 heterocycles. The van der Waals surface area contributed by atoms with Crippen LogP contribution in [0, 0.1) is 6.07 Å². The van der Waals surface area contributed by atoms with Gasteiger partial charge in [-0.15, -0.1) is 18.2 Å². The third-order valence-corrected chi connectivity index (χ3v) is 4.92. The molecule has 32 heavy (non-hydrogen) atoms. The van der Waals surface area contributed by atoms with Gasteiger partial charge in [-0.2, -0.15) is 0 Å². The molecule has 1 N–H and O–H groups in total. The van der Waals surface area contributed by atoms with E-state index in [2.05, 4.69) is 54.1 Å². The van der Waals surface area contributed by atoms with Crippen molar-refractivity contribution in [1.29, 1.82) is 0 Å². The number of carbonyl (C=O) groups is 1. The zero-order valence-corrected chi connectivity index (χ0v) is 19.8. The van der Waals surface area contributed by atoms with Crippen LogP contribution in [-0.2, 0) is 21.1 Å². The third kappa shape index (κ3) is 4.79. The molecule has 0 spiro atoms. The van der Waals surface area contributed by atoms with Crippen LogP contribution in [0.3, 0.4) is 0 Å². The molecular formula is C26H21N2O3Pt-. The number of nitrogens with zero attached hydrogens (tertiary/aromatic N) is 2. The minimum Gasteiger partial charge on any atom is -0.500 e. The van der Waals surface area contributed by atoms with Crippen molar-refractivity contribution in [2.75, 3.05) is 0 Å². The number of carboxylic acid groups (broad SMARTS) is 1. The number of hydrogen-bond acceptors (Lipinski definition) is 4. The Labute approximate surface area is 200 Å². The molecule has 5 rings (SSSR count). The first-order valence-corrected chi connectivity index (χ1v) is 9.98. The Morgan fingerprint density at radius 3 is 2.22 bits per heavy atom. The molecule has 0 bridgehead atoms. The molecular weight excluding hydrogens is 583 g/mol. The number of aromatic nitrogens is 2. The van der Waals surface area contributed by atoms with Gasteiger partial charge in [0.2, 0.25) is 0 Å². The number of furan rings is 1. The molecule has 6 heteroatoms.